The number of aliphatic carboxylic acids is 2. The molecule has 0 aliphatic heterocycles. The minimum atomic E-state index is -1.31. The highest BCUT2D eigenvalue weighted by molar-refractivity contribution is 7.15. The van der Waals surface area contributed by atoms with Crippen molar-refractivity contribution in [2.75, 3.05) is 7.05 Å². The van der Waals surface area contributed by atoms with E-state index in [0.29, 0.717) is 0 Å². The second-order valence-electron chi connectivity index (χ2n) is 3.99. The van der Waals surface area contributed by atoms with Crippen LogP contribution >= 0.6 is 11.3 Å². The summed E-state index contributed by atoms with van der Waals surface area (Å²) in [4.78, 5) is 24.5. The third kappa shape index (κ3) is 6.64. The Morgan fingerprint density at radius 1 is 1.19 bits per heavy atom. The highest BCUT2D eigenvalue weighted by atomic mass is 32.1. The van der Waals surface area contributed by atoms with Crippen LogP contribution in [0, 0.1) is 0 Å². The zero-order valence-corrected chi connectivity index (χ0v) is 12.3. The van der Waals surface area contributed by atoms with Gasteiger partial charge < -0.3 is 15.5 Å². The number of carbonyl (C=O) groups is 2. The minimum Gasteiger partial charge on any atom is -0.481 e. The quantitative estimate of drug-likeness (QED) is 0.731. The van der Waals surface area contributed by atoms with Gasteiger partial charge in [-0.1, -0.05) is 30.3 Å². The Morgan fingerprint density at radius 3 is 2.29 bits per heavy atom. The summed E-state index contributed by atoms with van der Waals surface area (Å²) in [6.07, 6.45) is 1.13. The number of aromatic nitrogens is 1. The number of hydrogen-bond donors (Lipinski definition) is 3. The van der Waals surface area contributed by atoms with Gasteiger partial charge in [-0.05, 0) is 7.05 Å². The van der Waals surface area contributed by atoms with Crippen LogP contribution in [0.2, 0.25) is 0 Å². The van der Waals surface area contributed by atoms with Crippen molar-refractivity contribution in [1.82, 2.24) is 10.3 Å². The van der Waals surface area contributed by atoms with Crippen LogP contribution in [0.4, 0.5) is 0 Å². The third-order valence-electron chi connectivity index (χ3n) is 2.23. The number of thiazole rings is 1. The molecule has 0 amide bonds. The van der Waals surface area contributed by atoms with Crippen LogP contribution in [-0.4, -0.2) is 34.2 Å². The van der Waals surface area contributed by atoms with Gasteiger partial charge in [0.25, 0.3) is 0 Å². The fourth-order valence-corrected chi connectivity index (χ4v) is 2.34. The van der Waals surface area contributed by atoms with Crippen molar-refractivity contribution in [1.29, 1.82) is 0 Å². The average molecular weight is 308 g/mol. The van der Waals surface area contributed by atoms with Gasteiger partial charge in [-0.15, -0.1) is 11.3 Å². The molecule has 0 unspecified atom stereocenters. The Hall–Kier alpha value is -2.25. The van der Waals surface area contributed by atoms with E-state index in [1.165, 1.54) is 10.4 Å². The number of benzene rings is 1. The van der Waals surface area contributed by atoms with E-state index in [-0.39, 0.29) is 0 Å². The molecule has 1 heterocycles. The van der Waals surface area contributed by atoms with Crippen molar-refractivity contribution in [2.45, 2.75) is 13.0 Å². The maximum Gasteiger partial charge on any atom is 0.314 e. The lowest BCUT2D eigenvalue weighted by atomic mass is 10.2. The second-order valence-corrected chi connectivity index (χ2v) is 5.11. The van der Waals surface area contributed by atoms with Crippen molar-refractivity contribution in [2.24, 2.45) is 0 Å². The molecule has 0 radical (unpaired) electrons. The molecular weight excluding hydrogens is 292 g/mol. The zero-order chi connectivity index (χ0) is 15.7. The number of carboxylic acids is 2. The molecule has 3 N–H and O–H groups in total. The van der Waals surface area contributed by atoms with Gasteiger partial charge in [0.05, 0.1) is 0 Å². The predicted molar refractivity (Wildman–Crippen MR) is 80.2 cm³/mol. The van der Waals surface area contributed by atoms with Gasteiger partial charge in [0.2, 0.25) is 0 Å². The molecule has 0 aliphatic rings. The summed E-state index contributed by atoms with van der Waals surface area (Å²) in [5.41, 5.74) is 1.19. The standard InChI is InChI=1S/C11H12N2S.C3H4O4/c1-12-7-10-8-13-11(14-10)9-5-3-2-4-6-9;4-2(5)1-3(6)7/h2-6,8,12H,7H2,1H3;1H2,(H,4,5)(H,6,7). The van der Waals surface area contributed by atoms with Crippen LogP contribution in [0.1, 0.15) is 11.3 Å². The van der Waals surface area contributed by atoms with Gasteiger partial charge in [0.15, 0.2) is 0 Å². The Bertz CT molecular complexity index is 572. The summed E-state index contributed by atoms with van der Waals surface area (Å²) in [7, 11) is 1.95. The molecule has 1 aromatic heterocycles. The molecule has 0 bridgehead atoms. The lowest BCUT2D eigenvalue weighted by Crippen LogP contribution is -2.03. The highest BCUT2D eigenvalue weighted by Crippen LogP contribution is 2.24. The lowest BCUT2D eigenvalue weighted by Gasteiger charge is -1.93. The lowest BCUT2D eigenvalue weighted by molar-refractivity contribution is -0.147. The van der Waals surface area contributed by atoms with Crippen molar-refractivity contribution < 1.29 is 19.8 Å². The van der Waals surface area contributed by atoms with Gasteiger partial charge >= 0.3 is 11.9 Å². The first-order valence-corrected chi connectivity index (χ1v) is 6.93. The molecule has 0 spiro atoms. The summed E-state index contributed by atoms with van der Waals surface area (Å²) in [6, 6.07) is 10.3. The largest absolute Gasteiger partial charge is 0.481 e. The van der Waals surface area contributed by atoms with E-state index in [9.17, 15) is 9.59 Å². The van der Waals surface area contributed by atoms with E-state index in [1.54, 1.807) is 11.3 Å². The van der Waals surface area contributed by atoms with Crippen molar-refractivity contribution in [3.05, 3.63) is 41.4 Å². The SMILES string of the molecule is CNCc1cnc(-c2ccccc2)s1.O=C(O)CC(=O)O. The Balaban J connectivity index is 0.000000270. The number of nitrogens with zero attached hydrogens (tertiary/aromatic N) is 1. The van der Waals surface area contributed by atoms with Crippen LogP contribution in [0.5, 0.6) is 0 Å². The van der Waals surface area contributed by atoms with Crippen molar-refractivity contribution >= 4 is 23.3 Å². The number of hydrogen-bond acceptors (Lipinski definition) is 5. The normalized spacial score (nSPS) is 9.57. The first-order chi connectivity index (χ1) is 10.0. The maximum atomic E-state index is 9.43. The molecule has 0 aliphatic carbocycles. The Kier molecular flexibility index (Phi) is 7.06. The second kappa shape index (κ2) is 8.83. The van der Waals surface area contributed by atoms with Gasteiger partial charge in [0.1, 0.15) is 11.4 Å². The average Bonchev–Trinajstić information content (AvgIpc) is 2.88. The first kappa shape index (κ1) is 16.8. The highest BCUT2D eigenvalue weighted by Gasteiger charge is 2.02. The Labute approximate surface area is 126 Å². The monoisotopic (exact) mass is 308 g/mol. The topological polar surface area (TPSA) is 99.5 Å². The predicted octanol–water partition coefficient (Wildman–Crippen LogP) is 2.08. The van der Waals surface area contributed by atoms with Gasteiger partial charge in [-0.2, -0.15) is 0 Å². The fourth-order valence-electron chi connectivity index (χ4n) is 1.41. The fraction of sp³-hybridized carbons (Fsp3) is 0.214. The molecule has 0 atom stereocenters. The zero-order valence-electron chi connectivity index (χ0n) is 11.4. The molecule has 1 aromatic carbocycles. The van der Waals surface area contributed by atoms with Crippen molar-refractivity contribution in [3.8, 4) is 10.6 Å². The van der Waals surface area contributed by atoms with Crippen LogP contribution in [0.3, 0.4) is 0 Å². The van der Waals surface area contributed by atoms with E-state index in [2.05, 4.69) is 22.4 Å². The molecule has 2 rings (SSSR count). The summed E-state index contributed by atoms with van der Waals surface area (Å²) < 4.78 is 0. The van der Waals surface area contributed by atoms with Gasteiger partial charge in [-0.25, -0.2) is 4.98 Å². The molecule has 7 heteroatoms. The number of carboxylic acid groups (broad SMARTS) is 2. The molecule has 6 nitrogen and oxygen atoms in total. The first-order valence-electron chi connectivity index (χ1n) is 6.11. The van der Waals surface area contributed by atoms with E-state index in [4.69, 9.17) is 10.2 Å². The molecule has 112 valence electrons. The van der Waals surface area contributed by atoms with Crippen molar-refractivity contribution in [3.63, 3.8) is 0 Å². The Morgan fingerprint density at radius 2 is 1.81 bits per heavy atom. The van der Waals surface area contributed by atoms with Crippen LogP contribution < -0.4 is 5.32 Å². The summed E-state index contributed by atoms with van der Waals surface area (Å²) in [5, 5.41) is 19.6. The summed E-state index contributed by atoms with van der Waals surface area (Å²) in [6.45, 7) is 0.893. The van der Waals surface area contributed by atoms with E-state index in [0.717, 1.165) is 11.6 Å². The molecular formula is C14H16N2O4S. The summed E-state index contributed by atoms with van der Waals surface area (Å²) in [5.74, 6) is -2.62. The van der Waals surface area contributed by atoms with Crippen LogP contribution in [0.25, 0.3) is 10.6 Å². The molecule has 0 saturated heterocycles. The molecule has 2 aromatic rings. The van der Waals surface area contributed by atoms with Gasteiger partial charge in [-0.3, -0.25) is 9.59 Å². The third-order valence-corrected chi connectivity index (χ3v) is 3.27. The molecule has 21 heavy (non-hydrogen) atoms. The van der Waals surface area contributed by atoms with E-state index < -0.39 is 18.4 Å². The van der Waals surface area contributed by atoms with E-state index >= 15 is 0 Å². The number of nitrogens with one attached hydrogen (secondary N) is 1. The smallest absolute Gasteiger partial charge is 0.314 e. The van der Waals surface area contributed by atoms with Crippen LogP contribution in [-0.2, 0) is 16.1 Å². The summed E-state index contributed by atoms with van der Waals surface area (Å²) >= 11 is 1.74. The molecule has 0 saturated carbocycles. The number of rotatable bonds is 5. The minimum absolute atomic E-state index is 0.806. The maximum absolute atomic E-state index is 9.43. The molecule has 0 fully saturated rings. The van der Waals surface area contributed by atoms with E-state index in [1.807, 2.05) is 31.4 Å². The van der Waals surface area contributed by atoms with Gasteiger partial charge in [0, 0.05) is 23.2 Å². The van der Waals surface area contributed by atoms with Crippen LogP contribution in [0.15, 0.2) is 36.5 Å².